The number of ether oxygens (including phenoxy) is 2. The largest absolute Gasteiger partial charge is 0.462 e. The zero-order valence-electron chi connectivity index (χ0n) is 14.3. The number of benzene rings is 2. The van der Waals surface area contributed by atoms with Gasteiger partial charge in [0.25, 0.3) is 0 Å². The van der Waals surface area contributed by atoms with E-state index >= 15 is 0 Å². The molecule has 1 heterocycles. The quantitative estimate of drug-likeness (QED) is 0.680. The highest BCUT2D eigenvalue weighted by molar-refractivity contribution is 6.09. The highest BCUT2D eigenvalue weighted by Crippen LogP contribution is 2.29. The standard InChI is InChI=1S/C19H17F3O6/c20-19(21,22)12-5-1-10(2-6-12)15(24)11-3-7-13(8-4-11)28-18-17(26)16(25)14(23)9-27-18/h1-8,14,16-18,23,25-26H,9H2/t14-,16+,17-,18-/m1/s1. The van der Waals surface area contributed by atoms with Gasteiger partial charge in [-0.25, -0.2) is 0 Å². The van der Waals surface area contributed by atoms with Gasteiger partial charge in [0.1, 0.15) is 24.1 Å². The lowest BCUT2D eigenvalue weighted by Crippen LogP contribution is -2.54. The predicted octanol–water partition coefficient (Wildman–Crippen LogP) is 1.75. The Hall–Kier alpha value is -2.46. The van der Waals surface area contributed by atoms with Crippen molar-refractivity contribution in [2.75, 3.05) is 6.61 Å². The van der Waals surface area contributed by atoms with Crippen molar-refractivity contribution in [3.8, 4) is 5.75 Å². The molecule has 150 valence electrons. The van der Waals surface area contributed by atoms with Crippen molar-refractivity contribution in [3.05, 3.63) is 65.2 Å². The molecule has 1 aliphatic rings. The predicted molar refractivity (Wildman–Crippen MR) is 89.7 cm³/mol. The Kier molecular flexibility index (Phi) is 5.71. The van der Waals surface area contributed by atoms with Crippen LogP contribution in [0.5, 0.6) is 5.75 Å². The zero-order chi connectivity index (χ0) is 20.5. The number of ketones is 1. The van der Waals surface area contributed by atoms with Crippen LogP contribution in [0.2, 0.25) is 0 Å². The number of carbonyl (C=O) groups excluding carboxylic acids is 1. The molecule has 2 aromatic rings. The van der Waals surface area contributed by atoms with Crippen LogP contribution >= 0.6 is 0 Å². The van der Waals surface area contributed by atoms with E-state index in [0.29, 0.717) is 0 Å². The molecule has 0 amide bonds. The summed E-state index contributed by atoms with van der Waals surface area (Å²) in [4.78, 5) is 12.4. The van der Waals surface area contributed by atoms with Gasteiger partial charge in [-0.05, 0) is 36.4 Å². The van der Waals surface area contributed by atoms with Gasteiger partial charge in [0.15, 0.2) is 5.78 Å². The fourth-order valence-corrected chi connectivity index (χ4v) is 2.68. The SMILES string of the molecule is O=C(c1ccc(O[C@H]2OC[C@@H](O)[C@H](O)[C@H]2O)cc1)c1ccc(C(F)(F)F)cc1. The van der Waals surface area contributed by atoms with Gasteiger partial charge < -0.3 is 24.8 Å². The smallest absolute Gasteiger partial charge is 0.416 e. The van der Waals surface area contributed by atoms with E-state index in [4.69, 9.17) is 9.47 Å². The van der Waals surface area contributed by atoms with Gasteiger partial charge in [-0.15, -0.1) is 0 Å². The Labute approximate surface area is 157 Å². The maximum atomic E-state index is 12.6. The molecule has 1 saturated heterocycles. The van der Waals surface area contributed by atoms with E-state index in [1.54, 1.807) is 0 Å². The maximum Gasteiger partial charge on any atom is 0.416 e. The molecule has 0 aromatic heterocycles. The molecule has 0 bridgehead atoms. The van der Waals surface area contributed by atoms with E-state index in [1.165, 1.54) is 24.3 Å². The van der Waals surface area contributed by atoms with E-state index in [2.05, 4.69) is 0 Å². The minimum atomic E-state index is -4.48. The minimum absolute atomic E-state index is 0.102. The highest BCUT2D eigenvalue weighted by Gasteiger charge is 2.39. The first-order valence-corrected chi connectivity index (χ1v) is 8.31. The Morgan fingerprint density at radius 2 is 1.46 bits per heavy atom. The number of aliphatic hydroxyl groups is 3. The van der Waals surface area contributed by atoms with Gasteiger partial charge >= 0.3 is 6.18 Å². The Bertz CT molecular complexity index is 819. The second kappa shape index (κ2) is 7.88. The molecule has 0 unspecified atom stereocenters. The van der Waals surface area contributed by atoms with E-state index in [-0.39, 0.29) is 23.5 Å². The first-order chi connectivity index (χ1) is 13.2. The van der Waals surface area contributed by atoms with Crippen molar-refractivity contribution in [3.63, 3.8) is 0 Å². The van der Waals surface area contributed by atoms with Crippen LogP contribution in [0.1, 0.15) is 21.5 Å². The average molecular weight is 398 g/mol. The highest BCUT2D eigenvalue weighted by atomic mass is 19.4. The Balaban J connectivity index is 1.68. The molecule has 1 fully saturated rings. The molecule has 6 nitrogen and oxygen atoms in total. The number of halogens is 3. The molecule has 0 spiro atoms. The first-order valence-electron chi connectivity index (χ1n) is 8.31. The summed E-state index contributed by atoms with van der Waals surface area (Å²) in [5.41, 5.74) is -0.511. The number of aliphatic hydroxyl groups excluding tert-OH is 3. The molecule has 0 radical (unpaired) electrons. The zero-order valence-corrected chi connectivity index (χ0v) is 14.3. The molecule has 28 heavy (non-hydrogen) atoms. The van der Waals surface area contributed by atoms with Crippen molar-refractivity contribution in [1.82, 2.24) is 0 Å². The minimum Gasteiger partial charge on any atom is -0.462 e. The lowest BCUT2D eigenvalue weighted by atomic mass is 10.0. The lowest BCUT2D eigenvalue weighted by Gasteiger charge is -2.34. The molecule has 3 N–H and O–H groups in total. The van der Waals surface area contributed by atoms with Crippen molar-refractivity contribution in [2.24, 2.45) is 0 Å². The molecule has 2 aromatic carbocycles. The number of alkyl halides is 3. The van der Waals surface area contributed by atoms with E-state index < -0.39 is 42.1 Å². The first kappa shape index (κ1) is 20.3. The normalized spacial score (nSPS) is 25.4. The van der Waals surface area contributed by atoms with Crippen LogP contribution in [0.15, 0.2) is 48.5 Å². The monoisotopic (exact) mass is 398 g/mol. The Morgan fingerprint density at radius 1 is 0.929 bits per heavy atom. The molecular weight excluding hydrogens is 381 g/mol. The second-order valence-corrected chi connectivity index (χ2v) is 6.30. The fraction of sp³-hybridized carbons (Fsp3) is 0.316. The van der Waals surface area contributed by atoms with Crippen LogP contribution in [-0.4, -0.2) is 52.3 Å². The molecule has 4 atom stereocenters. The number of carbonyl (C=O) groups is 1. The topological polar surface area (TPSA) is 96.2 Å². The summed E-state index contributed by atoms with van der Waals surface area (Å²) in [5, 5.41) is 28.9. The number of hydrogen-bond acceptors (Lipinski definition) is 6. The van der Waals surface area contributed by atoms with E-state index in [9.17, 15) is 33.3 Å². The van der Waals surface area contributed by atoms with Gasteiger partial charge in [0.2, 0.25) is 6.29 Å². The van der Waals surface area contributed by atoms with Crippen LogP contribution in [0, 0.1) is 0 Å². The van der Waals surface area contributed by atoms with Crippen molar-refractivity contribution >= 4 is 5.78 Å². The lowest BCUT2D eigenvalue weighted by molar-refractivity contribution is -0.242. The van der Waals surface area contributed by atoms with Crippen LogP contribution in [0.25, 0.3) is 0 Å². The molecule has 1 aliphatic heterocycles. The van der Waals surface area contributed by atoms with E-state index in [1.807, 2.05) is 0 Å². The second-order valence-electron chi connectivity index (χ2n) is 6.30. The van der Waals surface area contributed by atoms with Crippen LogP contribution < -0.4 is 4.74 Å². The fourth-order valence-electron chi connectivity index (χ4n) is 2.68. The van der Waals surface area contributed by atoms with Gasteiger partial charge in [0.05, 0.1) is 12.2 Å². The summed E-state index contributed by atoms with van der Waals surface area (Å²) in [7, 11) is 0. The summed E-state index contributed by atoms with van der Waals surface area (Å²) >= 11 is 0. The van der Waals surface area contributed by atoms with Gasteiger partial charge in [-0.3, -0.25) is 4.79 Å². The molecule has 9 heteroatoms. The number of hydrogen-bond donors (Lipinski definition) is 3. The van der Waals surface area contributed by atoms with Crippen LogP contribution in [0.3, 0.4) is 0 Å². The van der Waals surface area contributed by atoms with Gasteiger partial charge in [-0.2, -0.15) is 13.2 Å². The van der Waals surface area contributed by atoms with Crippen LogP contribution in [-0.2, 0) is 10.9 Å². The maximum absolute atomic E-state index is 12.6. The average Bonchev–Trinajstić information content (AvgIpc) is 2.68. The third-order valence-corrected chi connectivity index (χ3v) is 4.30. The summed E-state index contributed by atoms with van der Waals surface area (Å²) < 4.78 is 48.3. The molecule has 0 saturated carbocycles. The van der Waals surface area contributed by atoms with E-state index in [0.717, 1.165) is 24.3 Å². The molecule has 0 aliphatic carbocycles. The van der Waals surface area contributed by atoms with Crippen molar-refractivity contribution < 1.29 is 42.8 Å². The van der Waals surface area contributed by atoms with Gasteiger partial charge in [0, 0.05) is 11.1 Å². The summed E-state index contributed by atoms with van der Waals surface area (Å²) in [6.07, 6.45) is -9.78. The third kappa shape index (κ3) is 4.33. The Morgan fingerprint density at radius 3 is 2.00 bits per heavy atom. The number of rotatable bonds is 4. The van der Waals surface area contributed by atoms with Crippen molar-refractivity contribution in [2.45, 2.75) is 30.8 Å². The summed E-state index contributed by atoms with van der Waals surface area (Å²) in [5.74, 6) is -0.232. The molecule has 3 rings (SSSR count). The third-order valence-electron chi connectivity index (χ3n) is 4.30. The summed E-state index contributed by atoms with van der Waals surface area (Å²) in [6.45, 7) is -0.215. The molecular formula is C19H17F3O6. The summed E-state index contributed by atoms with van der Waals surface area (Å²) in [6, 6.07) is 9.56. The van der Waals surface area contributed by atoms with Crippen molar-refractivity contribution in [1.29, 1.82) is 0 Å². The van der Waals surface area contributed by atoms with Gasteiger partial charge in [-0.1, -0.05) is 12.1 Å². The van der Waals surface area contributed by atoms with Crippen LogP contribution in [0.4, 0.5) is 13.2 Å².